The van der Waals surface area contributed by atoms with Crippen molar-refractivity contribution in [2.24, 2.45) is 0 Å². The quantitative estimate of drug-likeness (QED) is 0.555. The van der Waals surface area contributed by atoms with E-state index in [0.29, 0.717) is 5.82 Å². The van der Waals surface area contributed by atoms with Gasteiger partial charge in [0.2, 0.25) is 0 Å². The van der Waals surface area contributed by atoms with E-state index in [1.165, 1.54) is 62.6 Å². The van der Waals surface area contributed by atoms with Crippen molar-refractivity contribution < 1.29 is 9.90 Å². The maximum absolute atomic E-state index is 11.1. The molecule has 0 saturated carbocycles. The first-order valence-electron chi connectivity index (χ1n) is 9.01. The zero-order valence-corrected chi connectivity index (χ0v) is 14.9. The number of nitrogens with zero attached hydrogens (tertiary/aromatic N) is 4. The summed E-state index contributed by atoms with van der Waals surface area (Å²) in [6, 6.07) is 0. The average molecular weight is 324 g/mol. The number of unbranched alkanes of at least 4 members (excludes halogenated alkanes) is 9. The molecule has 0 aromatic carbocycles. The molecule has 0 spiro atoms. The van der Waals surface area contributed by atoms with Crippen molar-refractivity contribution in [2.75, 3.05) is 0 Å². The molecule has 0 aliphatic carbocycles. The van der Waals surface area contributed by atoms with Crippen molar-refractivity contribution in [1.29, 1.82) is 0 Å². The van der Waals surface area contributed by atoms with E-state index in [0.717, 1.165) is 12.8 Å². The summed E-state index contributed by atoms with van der Waals surface area (Å²) in [4.78, 5) is 12.3. The fourth-order valence-electron chi connectivity index (χ4n) is 2.44. The number of carboxylic acids is 1. The fourth-order valence-corrected chi connectivity index (χ4v) is 2.44. The van der Waals surface area contributed by atoms with Crippen LogP contribution in [-0.4, -0.2) is 31.3 Å². The zero-order chi connectivity index (χ0) is 17.1. The van der Waals surface area contributed by atoms with Gasteiger partial charge in [0.1, 0.15) is 0 Å². The lowest BCUT2D eigenvalue weighted by Crippen LogP contribution is -2.37. The van der Waals surface area contributed by atoms with Gasteiger partial charge in [-0.25, -0.2) is 4.79 Å². The number of rotatable bonds is 13. The highest BCUT2D eigenvalue weighted by molar-refractivity contribution is 5.75. The topological polar surface area (TPSA) is 80.9 Å². The number of aliphatic carboxylic acids is 1. The molecule has 1 N–H and O–H groups in total. The van der Waals surface area contributed by atoms with Crippen LogP contribution < -0.4 is 0 Å². The fraction of sp³-hybridized carbons (Fsp3) is 0.882. The number of carbonyl (C=O) groups is 1. The molecule has 1 heterocycles. The van der Waals surface area contributed by atoms with Gasteiger partial charge in [-0.2, -0.15) is 0 Å². The molecule has 0 unspecified atom stereocenters. The predicted octanol–water partition coefficient (Wildman–Crippen LogP) is 3.96. The van der Waals surface area contributed by atoms with E-state index in [1.54, 1.807) is 13.8 Å². The summed E-state index contributed by atoms with van der Waals surface area (Å²) in [7, 11) is 0. The molecule has 0 bridgehead atoms. The normalized spacial score (nSPS) is 11.8. The molecule has 6 heteroatoms. The first-order chi connectivity index (χ1) is 11.0. The van der Waals surface area contributed by atoms with E-state index in [9.17, 15) is 4.79 Å². The number of aryl methyl sites for hydroxylation is 1. The number of carboxylic acid groups (broad SMARTS) is 1. The van der Waals surface area contributed by atoms with E-state index in [-0.39, 0.29) is 0 Å². The van der Waals surface area contributed by atoms with Crippen molar-refractivity contribution in [3.8, 4) is 0 Å². The van der Waals surface area contributed by atoms with Crippen molar-refractivity contribution in [3.63, 3.8) is 0 Å². The van der Waals surface area contributed by atoms with Crippen LogP contribution in [0, 0.1) is 0 Å². The van der Waals surface area contributed by atoms with E-state index >= 15 is 0 Å². The minimum absolute atomic E-state index is 0.638. The van der Waals surface area contributed by atoms with Crippen molar-refractivity contribution >= 4 is 5.97 Å². The Labute approximate surface area is 139 Å². The monoisotopic (exact) mass is 324 g/mol. The molecule has 0 fully saturated rings. The van der Waals surface area contributed by atoms with E-state index in [4.69, 9.17) is 5.11 Å². The van der Waals surface area contributed by atoms with Gasteiger partial charge in [-0.3, -0.25) is 0 Å². The van der Waals surface area contributed by atoms with Crippen LogP contribution in [-0.2, 0) is 16.8 Å². The highest BCUT2D eigenvalue weighted by Crippen LogP contribution is 2.13. The molecule has 0 saturated heterocycles. The number of hydrogen-bond donors (Lipinski definition) is 1. The van der Waals surface area contributed by atoms with Crippen LogP contribution in [0.25, 0.3) is 0 Å². The molecule has 1 aromatic rings. The van der Waals surface area contributed by atoms with Crippen LogP contribution in [0.2, 0.25) is 0 Å². The summed E-state index contributed by atoms with van der Waals surface area (Å²) in [5.74, 6) is -0.320. The summed E-state index contributed by atoms with van der Waals surface area (Å²) >= 11 is 0. The molecule has 1 aromatic heterocycles. The lowest BCUT2D eigenvalue weighted by atomic mass is 10.1. The molecular formula is C17H32N4O2. The van der Waals surface area contributed by atoms with Crippen LogP contribution in [0.4, 0.5) is 0 Å². The molecular weight excluding hydrogens is 292 g/mol. The van der Waals surface area contributed by atoms with Crippen molar-refractivity contribution in [2.45, 2.75) is 96.9 Å². The zero-order valence-electron chi connectivity index (χ0n) is 14.9. The second-order valence-corrected chi connectivity index (χ2v) is 6.79. The number of aromatic nitrogens is 4. The molecule has 23 heavy (non-hydrogen) atoms. The second-order valence-electron chi connectivity index (χ2n) is 6.79. The van der Waals surface area contributed by atoms with Crippen LogP contribution in [0.5, 0.6) is 0 Å². The van der Waals surface area contributed by atoms with E-state index in [1.807, 2.05) is 0 Å². The number of tetrazole rings is 1. The third kappa shape index (κ3) is 7.10. The first-order valence-corrected chi connectivity index (χ1v) is 9.01. The minimum Gasteiger partial charge on any atom is -0.479 e. The Balaban J connectivity index is 2.11. The summed E-state index contributed by atoms with van der Waals surface area (Å²) < 4.78 is 0. The molecule has 0 atom stereocenters. The van der Waals surface area contributed by atoms with Crippen LogP contribution >= 0.6 is 0 Å². The smallest absolute Gasteiger partial charge is 0.333 e. The van der Waals surface area contributed by atoms with Crippen molar-refractivity contribution in [3.05, 3.63) is 5.82 Å². The average Bonchev–Trinajstić information content (AvgIpc) is 2.98. The molecule has 0 radical (unpaired) electrons. The number of hydrogen-bond acceptors (Lipinski definition) is 4. The van der Waals surface area contributed by atoms with Gasteiger partial charge >= 0.3 is 5.97 Å². The Bertz CT molecular complexity index is 457. The lowest BCUT2D eigenvalue weighted by molar-refractivity contribution is -0.146. The van der Waals surface area contributed by atoms with Gasteiger partial charge in [-0.1, -0.05) is 64.7 Å². The summed E-state index contributed by atoms with van der Waals surface area (Å²) in [6.45, 7) is 5.39. The largest absolute Gasteiger partial charge is 0.479 e. The predicted molar refractivity (Wildman–Crippen MR) is 90.3 cm³/mol. The van der Waals surface area contributed by atoms with E-state index < -0.39 is 11.5 Å². The Kier molecular flexibility index (Phi) is 8.81. The lowest BCUT2D eigenvalue weighted by Gasteiger charge is -2.16. The van der Waals surface area contributed by atoms with Crippen LogP contribution in [0.1, 0.15) is 90.8 Å². The van der Waals surface area contributed by atoms with Gasteiger partial charge in [-0.05, 0) is 25.5 Å². The molecule has 0 amide bonds. The Hall–Kier alpha value is -1.46. The maximum Gasteiger partial charge on any atom is 0.333 e. The van der Waals surface area contributed by atoms with Crippen LogP contribution in [0.15, 0.2) is 0 Å². The van der Waals surface area contributed by atoms with Crippen molar-refractivity contribution in [1.82, 2.24) is 20.2 Å². The van der Waals surface area contributed by atoms with Crippen LogP contribution in [0.3, 0.4) is 0 Å². The van der Waals surface area contributed by atoms with Gasteiger partial charge < -0.3 is 5.11 Å². The Morgan fingerprint density at radius 2 is 1.52 bits per heavy atom. The van der Waals surface area contributed by atoms with Gasteiger partial charge in [-0.15, -0.1) is 15.0 Å². The van der Waals surface area contributed by atoms with Gasteiger partial charge in [0.15, 0.2) is 11.4 Å². The molecule has 0 aliphatic heterocycles. The third-order valence-corrected chi connectivity index (χ3v) is 4.23. The van der Waals surface area contributed by atoms with Gasteiger partial charge in [0, 0.05) is 6.42 Å². The van der Waals surface area contributed by atoms with Gasteiger partial charge in [0.05, 0.1) is 0 Å². The minimum atomic E-state index is -1.15. The maximum atomic E-state index is 11.1. The second kappa shape index (κ2) is 10.3. The first kappa shape index (κ1) is 19.6. The SMILES string of the molecule is CCCCCCCCCCCCc1nnn(C(C)(C)C(=O)O)n1. The Morgan fingerprint density at radius 1 is 1.00 bits per heavy atom. The standard InChI is InChI=1S/C17H32N4O2/c1-4-5-6-7-8-9-10-11-12-13-14-15-18-20-21(19-15)17(2,3)16(22)23/h4-14H2,1-3H3,(H,22,23). The van der Waals surface area contributed by atoms with E-state index in [2.05, 4.69) is 22.3 Å². The summed E-state index contributed by atoms with van der Waals surface area (Å²) in [5.41, 5.74) is -1.15. The van der Waals surface area contributed by atoms with Gasteiger partial charge in [0.25, 0.3) is 0 Å². The Morgan fingerprint density at radius 3 is 2.04 bits per heavy atom. The molecule has 0 aliphatic rings. The third-order valence-electron chi connectivity index (χ3n) is 4.23. The molecule has 6 nitrogen and oxygen atoms in total. The molecule has 1 rings (SSSR count). The molecule has 132 valence electrons. The summed E-state index contributed by atoms with van der Waals surface area (Å²) in [6.07, 6.45) is 13.7. The summed E-state index contributed by atoms with van der Waals surface area (Å²) in [5, 5.41) is 21.2. The highest BCUT2D eigenvalue weighted by Gasteiger charge is 2.32. The highest BCUT2D eigenvalue weighted by atomic mass is 16.4.